The number of allylic oxidation sites excluding steroid dienone is 2. The van der Waals surface area contributed by atoms with Crippen LogP contribution in [0.1, 0.15) is 24.0 Å². The Hall–Kier alpha value is -2.32. The van der Waals surface area contributed by atoms with Crippen LogP contribution in [0, 0.1) is 11.8 Å². The largest absolute Gasteiger partial charge is 0.417 e. The maximum atomic E-state index is 13.6. The molecule has 0 heterocycles. The molecule has 2 aromatic rings. The van der Waals surface area contributed by atoms with Crippen molar-refractivity contribution >= 4 is 11.8 Å². The smallest absolute Gasteiger partial charge is 0.377 e. The van der Waals surface area contributed by atoms with E-state index in [9.17, 15) is 13.2 Å². The summed E-state index contributed by atoms with van der Waals surface area (Å²) in [5, 5.41) is 3.30. The van der Waals surface area contributed by atoms with E-state index in [1.807, 2.05) is 6.26 Å². The fourth-order valence-corrected chi connectivity index (χ4v) is 3.02. The van der Waals surface area contributed by atoms with Crippen LogP contribution in [0.15, 0.2) is 59.8 Å². The molecule has 0 amide bonds. The Morgan fingerprint density at radius 2 is 1.85 bits per heavy atom. The normalized spacial score (nSPS) is 13.0. The number of hydrogen-bond donors (Lipinski definition) is 1. The molecule has 0 unspecified atom stereocenters. The molecule has 2 aromatic carbocycles. The van der Waals surface area contributed by atoms with Crippen LogP contribution in [0.4, 0.5) is 13.2 Å². The number of rotatable bonds is 5. The molecule has 0 radical (unpaired) electrons. The first-order chi connectivity index (χ1) is 13.0. The van der Waals surface area contributed by atoms with Crippen LogP contribution in [-0.2, 0) is 6.18 Å². The predicted octanol–water partition coefficient (Wildman–Crippen LogP) is 5.72. The summed E-state index contributed by atoms with van der Waals surface area (Å²) in [4.78, 5) is 0. The van der Waals surface area contributed by atoms with Crippen LogP contribution in [0.3, 0.4) is 0 Å². The van der Waals surface area contributed by atoms with Crippen LogP contribution in [0.5, 0.6) is 0 Å². The van der Waals surface area contributed by atoms with E-state index in [4.69, 9.17) is 0 Å². The first-order valence-corrected chi connectivity index (χ1v) is 10.1. The lowest BCUT2D eigenvalue weighted by molar-refractivity contribution is -0.137. The molecule has 0 saturated heterocycles. The second-order valence-corrected chi connectivity index (χ2v) is 7.26. The van der Waals surface area contributed by atoms with Gasteiger partial charge in [0.25, 0.3) is 0 Å². The zero-order chi connectivity index (χ0) is 19.3. The zero-order valence-corrected chi connectivity index (χ0v) is 15.8. The Morgan fingerprint density at radius 1 is 1.11 bits per heavy atom. The Kier molecular flexibility index (Phi) is 6.18. The van der Waals surface area contributed by atoms with Gasteiger partial charge in [-0.05, 0) is 53.9 Å². The van der Waals surface area contributed by atoms with E-state index in [-0.39, 0.29) is 5.56 Å². The summed E-state index contributed by atoms with van der Waals surface area (Å²) in [5.41, 5.74) is 2.55. The highest BCUT2D eigenvalue weighted by Crippen LogP contribution is 2.37. The van der Waals surface area contributed by atoms with Crippen molar-refractivity contribution in [1.82, 2.24) is 5.32 Å². The van der Waals surface area contributed by atoms with E-state index in [0.717, 1.165) is 36.9 Å². The number of hydrogen-bond acceptors (Lipinski definition) is 2. The third kappa shape index (κ3) is 5.33. The van der Waals surface area contributed by atoms with Gasteiger partial charge >= 0.3 is 6.18 Å². The van der Waals surface area contributed by atoms with Crippen molar-refractivity contribution < 1.29 is 13.2 Å². The second kappa shape index (κ2) is 8.58. The third-order valence-electron chi connectivity index (χ3n) is 4.20. The van der Waals surface area contributed by atoms with Crippen LogP contribution in [-0.4, -0.2) is 18.6 Å². The van der Waals surface area contributed by atoms with Gasteiger partial charge in [0.05, 0.1) is 11.3 Å². The van der Waals surface area contributed by atoms with Crippen molar-refractivity contribution in [2.45, 2.75) is 19.0 Å². The van der Waals surface area contributed by atoms with E-state index in [1.165, 1.54) is 11.6 Å². The Labute approximate surface area is 162 Å². The molecule has 1 N–H and O–H groups in total. The number of benzene rings is 2. The monoisotopic (exact) mass is 387 g/mol. The summed E-state index contributed by atoms with van der Waals surface area (Å²) in [5.74, 6) is 6.90. The summed E-state index contributed by atoms with van der Waals surface area (Å²) < 4.78 is 40.8. The van der Waals surface area contributed by atoms with Crippen LogP contribution >= 0.6 is 11.8 Å². The van der Waals surface area contributed by atoms with Gasteiger partial charge in [-0.3, -0.25) is 0 Å². The van der Waals surface area contributed by atoms with Gasteiger partial charge in [0.2, 0.25) is 0 Å². The number of thioether (sulfide) groups is 1. The van der Waals surface area contributed by atoms with Gasteiger partial charge in [-0.1, -0.05) is 42.3 Å². The molecule has 140 valence electrons. The van der Waals surface area contributed by atoms with E-state index >= 15 is 0 Å². The highest BCUT2D eigenvalue weighted by Gasteiger charge is 2.33. The van der Waals surface area contributed by atoms with Crippen molar-refractivity contribution in [1.29, 1.82) is 0 Å². The van der Waals surface area contributed by atoms with Gasteiger partial charge in [0, 0.05) is 17.9 Å². The molecule has 0 atom stereocenters. The van der Waals surface area contributed by atoms with E-state index < -0.39 is 11.7 Å². The Morgan fingerprint density at radius 3 is 2.48 bits per heavy atom. The maximum absolute atomic E-state index is 13.6. The number of nitrogens with one attached hydrogen (secondary N) is 1. The highest BCUT2D eigenvalue weighted by molar-refractivity contribution is 7.98. The minimum absolute atomic E-state index is 0.174. The molecule has 5 heteroatoms. The Bertz CT molecular complexity index is 883. The van der Waals surface area contributed by atoms with Crippen LogP contribution in [0.2, 0.25) is 0 Å². The molecular formula is C22H20F3NS. The molecule has 3 rings (SSSR count). The molecule has 1 fully saturated rings. The molecular weight excluding hydrogens is 367 g/mol. The topological polar surface area (TPSA) is 12.0 Å². The van der Waals surface area contributed by atoms with Gasteiger partial charge in [-0.25, -0.2) is 0 Å². The number of halogens is 3. The van der Waals surface area contributed by atoms with Crippen LogP contribution < -0.4 is 5.32 Å². The summed E-state index contributed by atoms with van der Waals surface area (Å²) in [6.07, 6.45) is -0.379. The third-order valence-corrected chi connectivity index (χ3v) is 4.82. The first kappa shape index (κ1) is 19.4. The van der Waals surface area contributed by atoms with Crippen molar-refractivity contribution in [3.05, 3.63) is 70.9 Å². The standard InChI is InChI=1S/C22H20F3NS/c1-27-14-13-26-21(18-9-10-18)12-8-16-7-11-19(17-5-3-2-4-6-17)20(15-16)22(23,24)25/h2-7,11,15,26H,9-10,13-14H2,1H3. The number of alkyl halides is 3. The van der Waals surface area contributed by atoms with Gasteiger partial charge in [0.1, 0.15) is 0 Å². The van der Waals surface area contributed by atoms with Gasteiger partial charge in [-0.15, -0.1) is 0 Å². The minimum atomic E-state index is -4.43. The molecule has 0 aromatic heterocycles. The lowest BCUT2D eigenvalue weighted by Gasteiger charge is -2.13. The first-order valence-electron chi connectivity index (χ1n) is 8.72. The lowest BCUT2D eigenvalue weighted by atomic mass is 9.97. The predicted molar refractivity (Wildman–Crippen MR) is 106 cm³/mol. The minimum Gasteiger partial charge on any atom is -0.377 e. The fourth-order valence-electron chi connectivity index (χ4n) is 2.71. The molecule has 27 heavy (non-hydrogen) atoms. The Balaban J connectivity index is 1.91. The average molecular weight is 387 g/mol. The van der Waals surface area contributed by atoms with Crippen molar-refractivity contribution in [3.8, 4) is 23.0 Å². The summed E-state index contributed by atoms with van der Waals surface area (Å²) in [6.45, 7) is 0.801. The van der Waals surface area contributed by atoms with Crippen molar-refractivity contribution in [2.24, 2.45) is 0 Å². The summed E-state index contributed by atoms with van der Waals surface area (Å²) in [6, 6.07) is 12.9. The van der Waals surface area contributed by atoms with Gasteiger partial charge in [-0.2, -0.15) is 24.9 Å². The maximum Gasteiger partial charge on any atom is 0.417 e. The SMILES string of the molecule is CSCCNC(C#Cc1ccc(-c2ccccc2)c(C(F)(F)F)c1)=C1CC1. The highest BCUT2D eigenvalue weighted by atomic mass is 32.2. The lowest BCUT2D eigenvalue weighted by Crippen LogP contribution is -2.15. The molecule has 0 spiro atoms. The molecule has 0 bridgehead atoms. The summed E-state index contributed by atoms with van der Waals surface area (Å²) >= 11 is 1.74. The molecule has 1 nitrogen and oxygen atoms in total. The molecule has 1 aliphatic rings. The van der Waals surface area contributed by atoms with E-state index in [0.29, 0.717) is 11.1 Å². The molecule has 1 aliphatic carbocycles. The fraction of sp³-hybridized carbons (Fsp3) is 0.273. The summed E-state index contributed by atoms with van der Waals surface area (Å²) in [7, 11) is 0. The molecule has 0 aliphatic heterocycles. The zero-order valence-electron chi connectivity index (χ0n) is 15.0. The van der Waals surface area contributed by atoms with Crippen molar-refractivity contribution in [3.63, 3.8) is 0 Å². The van der Waals surface area contributed by atoms with E-state index in [2.05, 4.69) is 17.2 Å². The average Bonchev–Trinajstić information content (AvgIpc) is 3.49. The van der Waals surface area contributed by atoms with Crippen LogP contribution in [0.25, 0.3) is 11.1 Å². The molecule has 1 saturated carbocycles. The van der Waals surface area contributed by atoms with Gasteiger partial charge in [0.15, 0.2) is 0 Å². The van der Waals surface area contributed by atoms with E-state index in [1.54, 1.807) is 48.2 Å². The van der Waals surface area contributed by atoms with Gasteiger partial charge < -0.3 is 5.32 Å². The van der Waals surface area contributed by atoms with Crippen molar-refractivity contribution in [2.75, 3.05) is 18.6 Å². The quantitative estimate of drug-likeness (QED) is 0.520. The second-order valence-electron chi connectivity index (χ2n) is 6.27.